The fourth-order valence-electron chi connectivity index (χ4n) is 5.99. The van der Waals surface area contributed by atoms with Crippen molar-refractivity contribution < 1.29 is 19.8 Å². The summed E-state index contributed by atoms with van der Waals surface area (Å²) in [5.74, 6) is -1.33. The Morgan fingerprint density at radius 2 is 1.59 bits per heavy atom. The summed E-state index contributed by atoms with van der Waals surface area (Å²) in [5, 5.41) is 30.8. The zero-order valence-electron chi connectivity index (χ0n) is 25.4. The smallest absolute Gasteiger partial charge is 0.268 e. The predicted molar refractivity (Wildman–Crippen MR) is 177 cm³/mol. The SMILES string of the molecule is C[C@@H](/C=C/CCn1cc(C(CO)c2ccccc2)nn1)[C@]1(O)C(=O)N(c2ccccc2)c2ccc(N(C=O)c3ccccc3)cc21. The molecule has 9 nitrogen and oxygen atoms in total. The van der Waals surface area contributed by atoms with Crippen LogP contribution in [0.1, 0.15) is 36.1 Å². The van der Waals surface area contributed by atoms with Gasteiger partial charge in [0.25, 0.3) is 5.91 Å². The first kappa shape index (κ1) is 30.6. The Labute approximate surface area is 267 Å². The van der Waals surface area contributed by atoms with Crippen molar-refractivity contribution in [2.45, 2.75) is 31.4 Å². The Hall–Kier alpha value is -5.38. The lowest BCUT2D eigenvalue weighted by Crippen LogP contribution is -2.42. The number of carbonyl (C=O) groups excluding carboxylic acids is 2. The van der Waals surface area contributed by atoms with E-state index in [1.54, 1.807) is 27.8 Å². The van der Waals surface area contributed by atoms with Crippen molar-refractivity contribution in [3.63, 3.8) is 0 Å². The molecule has 0 saturated carbocycles. The van der Waals surface area contributed by atoms with Gasteiger partial charge < -0.3 is 10.2 Å². The quantitative estimate of drug-likeness (QED) is 0.135. The van der Waals surface area contributed by atoms with Gasteiger partial charge in [0.1, 0.15) is 0 Å². The number of allylic oxidation sites excluding steroid dienone is 1. The fourth-order valence-corrected chi connectivity index (χ4v) is 5.99. The van der Waals surface area contributed by atoms with Crippen molar-refractivity contribution in [1.82, 2.24) is 15.0 Å². The molecule has 5 aromatic rings. The van der Waals surface area contributed by atoms with E-state index in [0.717, 1.165) is 12.0 Å². The number of benzene rings is 4. The van der Waals surface area contributed by atoms with E-state index in [1.165, 1.54) is 4.90 Å². The first-order valence-corrected chi connectivity index (χ1v) is 15.2. The number of aliphatic hydroxyl groups is 2. The van der Waals surface area contributed by atoms with Crippen LogP contribution in [-0.2, 0) is 21.7 Å². The van der Waals surface area contributed by atoms with Crippen LogP contribution in [0.2, 0.25) is 0 Å². The van der Waals surface area contributed by atoms with Gasteiger partial charge in [-0.2, -0.15) is 0 Å². The molecule has 6 rings (SSSR count). The summed E-state index contributed by atoms with van der Waals surface area (Å²) in [7, 11) is 0. The summed E-state index contributed by atoms with van der Waals surface area (Å²) in [6.07, 6.45) is 6.91. The molecular weight excluding hydrogens is 578 g/mol. The number of para-hydroxylation sites is 2. The molecule has 1 unspecified atom stereocenters. The van der Waals surface area contributed by atoms with Gasteiger partial charge in [-0.25, -0.2) is 0 Å². The van der Waals surface area contributed by atoms with Gasteiger partial charge in [0.15, 0.2) is 5.60 Å². The highest BCUT2D eigenvalue weighted by molar-refractivity contribution is 6.12. The molecule has 2 N–H and O–H groups in total. The van der Waals surface area contributed by atoms with Gasteiger partial charge in [-0.15, -0.1) is 5.10 Å². The van der Waals surface area contributed by atoms with Gasteiger partial charge in [-0.05, 0) is 54.4 Å². The van der Waals surface area contributed by atoms with Crippen molar-refractivity contribution in [3.8, 4) is 0 Å². The molecule has 2 amide bonds. The van der Waals surface area contributed by atoms with E-state index in [9.17, 15) is 19.8 Å². The molecule has 0 radical (unpaired) electrons. The summed E-state index contributed by atoms with van der Waals surface area (Å²) >= 11 is 0. The Morgan fingerprint density at radius 3 is 2.26 bits per heavy atom. The van der Waals surface area contributed by atoms with E-state index in [-0.39, 0.29) is 12.5 Å². The van der Waals surface area contributed by atoms with E-state index >= 15 is 0 Å². The molecule has 0 aliphatic carbocycles. The summed E-state index contributed by atoms with van der Waals surface area (Å²) < 4.78 is 1.72. The minimum atomic E-state index is -1.88. The van der Waals surface area contributed by atoms with E-state index < -0.39 is 17.4 Å². The van der Waals surface area contributed by atoms with Crippen LogP contribution in [-0.4, -0.2) is 44.1 Å². The highest BCUT2D eigenvalue weighted by Crippen LogP contribution is 2.49. The molecular formula is C37H35N5O4. The van der Waals surface area contributed by atoms with Gasteiger partial charge >= 0.3 is 0 Å². The van der Waals surface area contributed by atoms with E-state index in [0.29, 0.717) is 47.0 Å². The van der Waals surface area contributed by atoms with Gasteiger partial charge in [-0.1, -0.05) is 91.0 Å². The predicted octanol–water partition coefficient (Wildman–Crippen LogP) is 5.85. The number of aliphatic hydroxyl groups excluding tert-OH is 1. The lowest BCUT2D eigenvalue weighted by Gasteiger charge is -2.28. The molecule has 232 valence electrons. The van der Waals surface area contributed by atoms with Crippen molar-refractivity contribution in [3.05, 3.63) is 144 Å². The molecule has 3 atom stereocenters. The van der Waals surface area contributed by atoms with Crippen molar-refractivity contribution in [2.75, 3.05) is 16.4 Å². The highest BCUT2D eigenvalue weighted by Gasteiger charge is 2.53. The molecule has 4 aromatic carbocycles. The molecule has 0 fully saturated rings. The summed E-state index contributed by atoms with van der Waals surface area (Å²) in [5.41, 5.74) is 2.61. The average Bonchev–Trinajstić information content (AvgIpc) is 3.65. The number of aromatic nitrogens is 3. The molecule has 2 heterocycles. The van der Waals surface area contributed by atoms with Gasteiger partial charge in [-0.3, -0.25) is 24.1 Å². The van der Waals surface area contributed by atoms with Crippen LogP contribution in [0.25, 0.3) is 0 Å². The topological polar surface area (TPSA) is 112 Å². The van der Waals surface area contributed by atoms with Gasteiger partial charge in [0.05, 0.1) is 23.9 Å². The third-order valence-electron chi connectivity index (χ3n) is 8.50. The Kier molecular flexibility index (Phi) is 8.87. The standard InChI is InChI=1S/C37H35N5O4/c1-27(13-11-12-22-40-24-34(38-39-40)32(25-43)28-14-5-2-6-15-28)37(46)33-23-31(41(26-44)29-16-7-3-8-17-29)20-21-35(33)42(36(37)45)30-18-9-4-10-19-30/h2-11,13-21,23-24,26-27,32,43,46H,12,22,25H2,1H3/b13-11+/t27-,32?,37+/m0/s1. The first-order valence-electron chi connectivity index (χ1n) is 15.2. The van der Waals surface area contributed by atoms with Crippen LogP contribution in [0, 0.1) is 5.92 Å². The van der Waals surface area contributed by atoms with Gasteiger partial charge in [0, 0.05) is 41.3 Å². The van der Waals surface area contributed by atoms with Crippen LogP contribution in [0.15, 0.2) is 128 Å². The lowest BCUT2D eigenvalue weighted by molar-refractivity contribution is -0.138. The second-order valence-corrected chi connectivity index (χ2v) is 11.3. The molecule has 0 spiro atoms. The number of aryl methyl sites for hydroxylation is 1. The molecule has 9 heteroatoms. The maximum absolute atomic E-state index is 14.1. The number of rotatable bonds is 12. The van der Waals surface area contributed by atoms with Crippen molar-refractivity contribution in [1.29, 1.82) is 0 Å². The lowest BCUT2D eigenvalue weighted by atomic mass is 9.82. The number of hydrogen-bond donors (Lipinski definition) is 2. The molecule has 1 aliphatic heterocycles. The fraction of sp³-hybridized carbons (Fsp3) is 0.189. The number of nitrogens with zero attached hydrogens (tertiary/aromatic N) is 5. The first-order chi connectivity index (χ1) is 22.5. The average molecular weight is 614 g/mol. The van der Waals surface area contributed by atoms with Gasteiger partial charge in [0.2, 0.25) is 6.41 Å². The monoisotopic (exact) mass is 613 g/mol. The van der Waals surface area contributed by atoms with Crippen molar-refractivity contribution in [2.24, 2.45) is 5.92 Å². The number of carbonyl (C=O) groups is 2. The largest absolute Gasteiger partial charge is 0.395 e. The van der Waals surface area contributed by atoms with Crippen LogP contribution in [0.5, 0.6) is 0 Å². The van der Waals surface area contributed by atoms with Crippen LogP contribution in [0.3, 0.4) is 0 Å². The van der Waals surface area contributed by atoms with E-state index in [1.807, 2.05) is 116 Å². The second-order valence-electron chi connectivity index (χ2n) is 11.3. The molecule has 0 bridgehead atoms. The highest BCUT2D eigenvalue weighted by atomic mass is 16.3. The number of anilines is 4. The molecule has 46 heavy (non-hydrogen) atoms. The normalized spacial score (nSPS) is 17.2. The van der Waals surface area contributed by atoms with Crippen molar-refractivity contribution >= 4 is 35.1 Å². The Bertz CT molecular complexity index is 1830. The maximum atomic E-state index is 14.1. The molecule has 1 aliphatic rings. The molecule has 1 aromatic heterocycles. The maximum Gasteiger partial charge on any atom is 0.268 e. The minimum absolute atomic E-state index is 0.0775. The number of amides is 2. The van der Waals surface area contributed by atoms with E-state index in [4.69, 9.17) is 0 Å². The molecule has 0 saturated heterocycles. The van der Waals surface area contributed by atoms with E-state index in [2.05, 4.69) is 10.3 Å². The van der Waals surface area contributed by atoms with Crippen LogP contribution < -0.4 is 9.80 Å². The zero-order chi connectivity index (χ0) is 32.1. The number of fused-ring (bicyclic) bond motifs is 1. The summed E-state index contributed by atoms with van der Waals surface area (Å²) in [4.78, 5) is 29.4. The third kappa shape index (κ3) is 5.74. The minimum Gasteiger partial charge on any atom is -0.395 e. The third-order valence-corrected chi connectivity index (χ3v) is 8.50. The second kappa shape index (κ2) is 13.3. The summed E-state index contributed by atoms with van der Waals surface area (Å²) in [6, 6.07) is 33.4. The number of hydrogen-bond acceptors (Lipinski definition) is 6. The summed E-state index contributed by atoms with van der Waals surface area (Å²) in [6.45, 7) is 2.26. The Morgan fingerprint density at radius 1 is 0.913 bits per heavy atom. The Balaban J connectivity index is 1.25. The van der Waals surface area contributed by atoms with Crippen LogP contribution >= 0.6 is 0 Å². The van der Waals surface area contributed by atoms with Crippen LogP contribution in [0.4, 0.5) is 22.7 Å². The zero-order valence-corrected chi connectivity index (χ0v) is 25.4.